The van der Waals surface area contributed by atoms with E-state index < -0.39 is 7.82 Å². The molecule has 56 valence electrons. The predicted molar refractivity (Wildman–Crippen MR) is 28.5 cm³/mol. The van der Waals surface area contributed by atoms with Crippen LogP contribution in [0.5, 0.6) is 0 Å². The second-order valence-electron chi connectivity index (χ2n) is 1.63. The first kappa shape index (κ1) is 9.11. The molecule has 0 saturated heterocycles. The topological polar surface area (TPSA) is 72.4 Å². The Morgan fingerprint density at radius 3 is 2.44 bits per heavy atom. The first-order valence-electron chi connectivity index (χ1n) is 2.73. The molecule has 9 heavy (non-hydrogen) atoms. The fraction of sp³-hybridized carbons (Fsp3) is 1.00. The van der Waals surface area contributed by atoms with Crippen LogP contribution in [0.15, 0.2) is 0 Å². The van der Waals surface area contributed by atoms with Gasteiger partial charge < -0.3 is 18.9 Å². The molecule has 0 unspecified atom stereocenters. The normalized spacial score (nSPS) is 11.9. The quantitative estimate of drug-likeness (QED) is 0.407. The molecule has 0 spiro atoms. The third kappa shape index (κ3) is 8.11. The molecular formula is C4H9O4P-2. The van der Waals surface area contributed by atoms with Crippen LogP contribution in [-0.2, 0) is 9.09 Å². The summed E-state index contributed by atoms with van der Waals surface area (Å²) in [5, 5.41) is 0. The highest BCUT2D eigenvalue weighted by atomic mass is 31.2. The van der Waals surface area contributed by atoms with Gasteiger partial charge in [0.2, 0.25) is 0 Å². The Labute approximate surface area is 54.1 Å². The van der Waals surface area contributed by atoms with E-state index in [0.29, 0.717) is 6.42 Å². The smallest absolute Gasteiger partial charge is 0.0596 e. The van der Waals surface area contributed by atoms with Crippen LogP contribution >= 0.6 is 7.82 Å². The second-order valence-corrected chi connectivity index (χ2v) is 2.79. The number of phosphoric acid groups is 1. The Morgan fingerprint density at radius 1 is 1.56 bits per heavy atom. The lowest BCUT2D eigenvalue weighted by molar-refractivity contribution is -0.341. The lowest BCUT2D eigenvalue weighted by Gasteiger charge is -2.28. The van der Waals surface area contributed by atoms with Gasteiger partial charge in [0.15, 0.2) is 0 Å². The fourth-order valence-electron chi connectivity index (χ4n) is 0.321. The van der Waals surface area contributed by atoms with Crippen molar-refractivity contribution in [1.29, 1.82) is 0 Å². The van der Waals surface area contributed by atoms with Crippen molar-refractivity contribution in [1.82, 2.24) is 0 Å². The van der Waals surface area contributed by atoms with E-state index in [4.69, 9.17) is 0 Å². The lowest BCUT2D eigenvalue weighted by Crippen LogP contribution is -2.16. The molecule has 0 bridgehead atoms. The van der Waals surface area contributed by atoms with Crippen molar-refractivity contribution in [2.75, 3.05) is 6.61 Å². The van der Waals surface area contributed by atoms with Crippen LogP contribution in [0.2, 0.25) is 0 Å². The molecule has 0 heterocycles. The van der Waals surface area contributed by atoms with Gasteiger partial charge in [-0.25, -0.2) is 0 Å². The van der Waals surface area contributed by atoms with Crippen LogP contribution in [0.1, 0.15) is 19.8 Å². The molecular weight excluding hydrogens is 143 g/mol. The van der Waals surface area contributed by atoms with Gasteiger partial charge in [0.1, 0.15) is 0 Å². The highest BCUT2D eigenvalue weighted by Gasteiger charge is 1.88. The van der Waals surface area contributed by atoms with E-state index in [9.17, 15) is 14.4 Å². The highest BCUT2D eigenvalue weighted by Crippen LogP contribution is 2.24. The Kier molecular flexibility index (Phi) is 4.06. The number of rotatable bonds is 4. The van der Waals surface area contributed by atoms with Crippen molar-refractivity contribution in [3.05, 3.63) is 0 Å². The molecule has 0 aliphatic heterocycles. The molecule has 0 rings (SSSR count). The van der Waals surface area contributed by atoms with Gasteiger partial charge in [-0.2, -0.15) is 0 Å². The summed E-state index contributed by atoms with van der Waals surface area (Å²) < 4.78 is 13.7. The second kappa shape index (κ2) is 4.01. The van der Waals surface area contributed by atoms with Crippen LogP contribution in [-0.4, -0.2) is 6.61 Å². The predicted octanol–water partition coefficient (Wildman–Crippen LogP) is -0.368. The van der Waals surface area contributed by atoms with Gasteiger partial charge in [-0.15, -0.1) is 0 Å². The van der Waals surface area contributed by atoms with Crippen LogP contribution < -0.4 is 9.79 Å². The van der Waals surface area contributed by atoms with Crippen molar-refractivity contribution in [2.24, 2.45) is 0 Å². The SMILES string of the molecule is CCCCOP(=O)([O-])[O-]. The molecule has 4 nitrogen and oxygen atoms in total. The van der Waals surface area contributed by atoms with Gasteiger partial charge in [-0.05, 0) is 6.42 Å². The Bertz CT molecular complexity index is 107. The summed E-state index contributed by atoms with van der Waals surface area (Å²) in [7, 11) is -4.70. The average Bonchev–Trinajstić information content (AvgIpc) is 1.63. The molecule has 0 aromatic carbocycles. The van der Waals surface area contributed by atoms with Gasteiger partial charge in [0, 0.05) is 0 Å². The molecule has 0 aliphatic rings. The summed E-state index contributed by atoms with van der Waals surface area (Å²) in [6.07, 6.45) is 1.43. The number of hydrogen-bond donors (Lipinski definition) is 0. The van der Waals surface area contributed by atoms with Crippen LogP contribution in [0.4, 0.5) is 0 Å². The Morgan fingerprint density at radius 2 is 2.11 bits per heavy atom. The van der Waals surface area contributed by atoms with Crippen LogP contribution in [0.25, 0.3) is 0 Å². The van der Waals surface area contributed by atoms with Crippen LogP contribution in [0, 0.1) is 0 Å². The summed E-state index contributed by atoms with van der Waals surface area (Å²) in [5.41, 5.74) is 0. The molecule has 0 aromatic heterocycles. The van der Waals surface area contributed by atoms with E-state index >= 15 is 0 Å². The van der Waals surface area contributed by atoms with E-state index in [1.807, 2.05) is 6.92 Å². The van der Waals surface area contributed by atoms with E-state index in [1.54, 1.807) is 0 Å². The fourth-order valence-corrected chi connectivity index (χ4v) is 0.673. The lowest BCUT2D eigenvalue weighted by atomic mass is 10.4. The Balaban J connectivity index is 3.18. The molecule has 0 fully saturated rings. The zero-order valence-corrected chi connectivity index (χ0v) is 6.10. The minimum Gasteiger partial charge on any atom is -0.790 e. The summed E-state index contributed by atoms with van der Waals surface area (Å²) in [5.74, 6) is 0. The van der Waals surface area contributed by atoms with E-state index in [-0.39, 0.29) is 6.61 Å². The first-order valence-corrected chi connectivity index (χ1v) is 4.19. The van der Waals surface area contributed by atoms with Crippen molar-refractivity contribution in [3.63, 3.8) is 0 Å². The third-order valence-corrected chi connectivity index (χ3v) is 1.25. The zero-order chi connectivity index (χ0) is 7.33. The third-order valence-electron chi connectivity index (χ3n) is 0.747. The Hall–Kier alpha value is 0.110. The maximum absolute atomic E-state index is 9.76. The monoisotopic (exact) mass is 152 g/mol. The molecule has 0 radical (unpaired) electrons. The molecule has 0 saturated carbocycles. The largest absolute Gasteiger partial charge is 0.790 e. The summed E-state index contributed by atoms with van der Waals surface area (Å²) in [4.78, 5) is 19.5. The molecule has 5 heteroatoms. The maximum Gasteiger partial charge on any atom is 0.0596 e. The van der Waals surface area contributed by atoms with Crippen LogP contribution in [0.3, 0.4) is 0 Å². The minimum atomic E-state index is -4.70. The standard InChI is InChI=1S/C4H11O4P/c1-2-3-4-8-9(5,6)7/h2-4H2,1H3,(H2,5,6,7)/p-2. The molecule has 0 aliphatic carbocycles. The summed E-state index contributed by atoms with van der Waals surface area (Å²) >= 11 is 0. The van der Waals surface area contributed by atoms with Crippen molar-refractivity contribution in [2.45, 2.75) is 19.8 Å². The van der Waals surface area contributed by atoms with Crippen molar-refractivity contribution < 1.29 is 18.9 Å². The van der Waals surface area contributed by atoms with Gasteiger partial charge in [-0.3, -0.25) is 0 Å². The molecule has 0 amide bonds. The van der Waals surface area contributed by atoms with Gasteiger partial charge in [0.25, 0.3) is 0 Å². The molecule has 0 atom stereocenters. The van der Waals surface area contributed by atoms with E-state index in [2.05, 4.69) is 4.52 Å². The molecule has 0 aromatic rings. The zero-order valence-electron chi connectivity index (χ0n) is 5.20. The van der Waals surface area contributed by atoms with Gasteiger partial charge >= 0.3 is 0 Å². The van der Waals surface area contributed by atoms with E-state index in [0.717, 1.165) is 6.42 Å². The minimum absolute atomic E-state index is 0.0147. The van der Waals surface area contributed by atoms with Crippen molar-refractivity contribution in [3.8, 4) is 0 Å². The summed E-state index contributed by atoms with van der Waals surface area (Å²) in [6, 6.07) is 0. The number of hydrogen-bond acceptors (Lipinski definition) is 4. The highest BCUT2D eigenvalue weighted by molar-refractivity contribution is 7.43. The van der Waals surface area contributed by atoms with Crippen molar-refractivity contribution >= 4 is 7.82 Å². The van der Waals surface area contributed by atoms with E-state index in [1.165, 1.54) is 0 Å². The first-order chi connectivity index (χ1) is 4.06. The number of unbranched alkanes of at least 4 members (excludes halogenated alkanes) is 1. The van der Waals surface area contributed by atoms with Gasteiger partial charge in [0.05, 0.1) is 14.4 Å². The van der Waals surface area contributed by atoms with Gasteiger partial charge in [-0.1, -0.05) is 13.3 Å². The average molecular weight is 152 g/mol. The summed E-state index contributed by atoms with van der Waals surface area (Å²) in [6.45, 7) is 1.89. The maximum atomic E-state index is 9.76. The number of phosphoric ester groups is 1. The molecule has 0 N–H and O–H groups in total.